The van der Waals surface area contributed by atoms with E-state index in [1.807, 2.05) is 13.8 Å². The number of nitrogens with two attached hydrogens (primary N) is 1. The predicted octanol–water partition coefficient (Wildman–Crippen LogP) is 0.741. The molecule has 5 heteroatoms. The molecular formula is C10H10N4O. The van der Waals surface area contributed by atoms with Crippen LogP contribution >= 0.6 is 0 Å². The highest BCUT2D eigenvalue weighted by atomic mass is 16.1. The zero-order valence-electron chi connectivity index (χ0n) is 8.48. The number of pyridine rings is 1. The lowest BCUT2D eigenvalue weighted by Crippen LogP contribution is -2.13. The number of primary amides is 1. The highest BCUT2D eigenvalue weighted by Gasteiger charge is 2.10. The van der Waals surface area contributed by atoms with Gasteiger partial charge in [-0.2, -0.15) is 0 Å². The summed E-state index contributed by atoms with van der Waals surface area (Å²) in [7, 11) is 0. The first-order chi connectivity index (χ1) is 7.09. The number of aromatic nitrogens is 3. The van der Waals surface area contributed by atoms with Crippen molar-refractivity contribution in [3.63, 3.8) is 0 Å². The monoisotopic (exact) mass is 202 g/mol. The maximum Gasteiger partial charge on any atom is 0.251 e. The lowest BCUT2D eigenvalue weighted by molar-refractivity contribution is 0.100. The van der Waals surface area contributed by atoms with Gasteiger partial charge in [-0.05, 0) is 19.9 Å². The molecule has 2 heterocycles. The van der Waals surface area contributed by atoms with Crippen molar-refractivity contribution in [1.29, 1.82) is 0 Å². The molecule has 5 nitrogen and oxygen atoms in total. The normalized spacial score (nSPS) is 10.5. The van der Waals surface area contributed by atoms with E-state index in [9.17, 15) is 4.79 Å². The highest BCUT2D eigenvalue weighted by Crippen LogP contribution is 2.13. The average molecular weight is 202 g/mol. The van der Waals surface area contributed by atoms with E-state index in [1.165, 1.54) is 6.20 Å². The number of carbonyl (C=O) groups is 1. The van der Waals surface area contributed by atoms with Crippen molar-refractivity contribution >= 4 is 17.1 Å². The lowest BCUT2D eigenvalue weighted by atomic mass is 10.2. The molecule has 0 aliphatic rings. The fourth-order valence-corrected chi connectivity index (χ4v) is 1.32. The molecule has 0 bridgehead atoms. The fraction of sp³-hybridized carbons (Fsp3) is 0.200. The van der Waals surface area contributed by atoms with E-state index >= 15 is 0 Å². The molecule has 0 fully saturated rings. The van der Waals surface area contributed by atoms with Gasteiger partial charge in [-0.15, -0.1) is 0 Å². The van der Waals surface area contributed by atoms with Crippen molar-refractivity contribution in [3.8, 4) is 0 Å². The topological polar surface area (TPSA) is 81.8 Å². The number of rotatable bonds is 1. The molecule has 0 aromatic carbocycles. The summed E-state index contributed by atoms with van der Waals surface area (Å²) >= 11 is 0. The average Bonchev–Trinajstić information content (AvgIpc) is 2.18. The largest absolute Gasteiger partial charge is 0.366 e. The van der Waals surface area contributed by atoms with Crippen molar-refractivity contribution in [2.75, 3.05) is 0 Å². The van der Waals surface area contributed by atoms with E-state index in [0.717, 1.165) is 11.4 Å². The number of hydrogen-bond acceptors (Lipinski definition) is 4. The van der Waals surface area contributed by atoms with Gasteiger partial charge in [0.2, 0.25) is 0 Å². The lowest BCUT2D eigenvalue weighted by Gasteiger charge is -2.03. The molecule has 2 N–H and O–H groups in total. The molecule has 2 rings (SSSR count). The molecule has 0 unspecified atom stereocenters. The van der Waals surface area contributed by atoms with E-state index in [4.69, 9.17) is 5.73 Å². The number of amides is 1. The summed E-state index contributed by atoms with van der Waals surface area (Å²) in [6, 6.07) is 1.55. The molecule has 1 amide bonds. The van der Waals surface area contributed by atoms with Crippen LogP contribution in [0.3, 0.4) is 0 Å². The first kappa shape index (κ1) is 9.51. The minimum Gasteiger partial charge on any atom is -0.366 e. The summed E-state index contributed by atoms with van der Waals surface area (Å²) in [6.07, 6.45) is 1.51. The Balaban J connectivity index is 2.86. The first-order valence-corrected chi connectivity index (χ1v) is 4.49. The number of nitrogens with zero attached hydrogens (tertiary/aromatic N) is 3. The van der Waals surface area contributed by atoms with E-state index in [0.29, 0.717) is 16.7 Å². The van der Waals surface area contributed by atoms with Gasteiger partial charge in [0.1, 0.15) is 5.52 Å². The maximum absolute atomic E-state index is 11.1. The minimum absolute atomic E-state index is 0.357. The van der Waals surface area contributed by atoms with Crippen LogP contribution in [0.4, 0.5) is 0 Å². The molecule has 0 radical (unpaired) electrons. The molecule has 0 aliphatic carbocycles. The van der Waals surface area contributed by atoms with E-state index in [-0.39, 0.29) is 0 Å². The SMILES string of the molecule is Cc1nc2nccc(C(N)=O)c2nc1C. The number of hydrogen-bond donors (Lipinski definition) is 1. The smallest absolute Gasteiger partial charge is 0.251 e. The molecule has 2 aromatic heterocycles. The van der Waals surface area contributed by atoms with Gasteiger partial charge in [-0.3, -0.25) is 4.79 Å². The van der Waals surface area contributed by atoms with Gasteiger partial charge < -0.3 is 5.73 Å². The predicted molar refractivity (Wildman–Crippen MR) is 55.3 cm³/mol. The standard InChI is InChI=1S/C10H10N4O/c1-5-6(2)14-10-8(13-5)7(9(11)15)3-4-12-10/h3-4H,1-2H3,(H2,11,15). The summed E-state index contributed by atoms with van der Waals surface area (Å²) < 4.78 is 0. The molecule has 0 atom stereocenters. The van der Waals surface area contributed by atoms with Gasteiger partial charge >= 0.3 is 0 Å². The molecule has 2 aromatic rings. The van der Waals surface area contributed by atoms with E-state index < -0.39 is 5.91 Å². The van der Waals surface area contributed by atoms with Crippen LogP contribution in [0, 0.1) is 13.8 Å². The Morgan fingerprint density at radius 3 is 2.60 bits per heavy atom. The summed E-state index contributed by atoms with van der Waals surface area (Å²) in [4.78, 5) is 23.7. The second-order valence-corrected chi connectivity index (χ2v) is 3.29. The zero-order valence-corrected chi connectivity index (χ0v) is 8.48. The quantitative estimate of drug-likeness (QED) is 0.739. The molecule has 0 spiro atoms. The summed E-state index contributed by atoms with van der Waals surface area (Å²) in [6.45, 7) is 3.68. The first-order valence-electron chi connectivity index (χ1n) is 4.49. The second kappa shape index (κ2) is 3.27. The van der Waals surface area contributed by atoms with Gasteiger partial charge in [-0.25, -0.2) is 15.0 Å². The number of carbonyl (C=O) groups excluding carboxylic acids is 1. The Morgan fingerprint density at radius 2 is 1.93 bits per heavy atom. The molecular weight excluding hydrogens is 192 g/mol. The number of fused-ring (bicyclic) bond motifs is 1. The molecule has 0 saturated carbocycles. The summed E-state index contributed by atoms with van der Waals surface area (Å²) in [5.74, 6) is -0.514. The third kappa shape index (κ3) is 1.52. The van der Waals surface area contributed by atoms with Crippen LogP contribution in [0.15, 0.2) is 12.3 Å². The Bertz CT molecular complexity index is 550. The Hall–Kier alpha value is -2.04. The van der Waals surface area contributed by atoms with Gasteiger partial charge in [-0.1, -0.05) is 0 Å². The van der Waals surface area contributed by atoms with Crippen LogP contribution in [0.25, 0.3) is 11.2 Å². The molecule has 15 heavy (non-hydrogen) atoms. The van der Waals surface area contributed by atoms with Crippen LogP contribution < -0.4 is 5.73 Å². The van der Waals surface area contributed by atoms with Crippen molar-refractivity contribution in [2.24, 2.45) is 5.73 Å². The van der Waals surface area contributed by atoms with Crippen molar-refractivity contribution in [1.82, 2.24) is 15.0 Å². The summed E-state index contributed by atoms with van der Waals surface area (Å²) in [5, 5.41) is 0. The van der Waals surface area contributed by atoms with Crippen LogP contribution in [0.5, 0.6) is 0 Å². The Kier molecular flexibility index (Phi) is 2.07. The molecule has 0 aliphatic heterocycles. The van der Waals surface area contributed by atoms with E-state index in [1.54, 1.807) is 6.07 Å². The second-order valence-electron chi connectivity index (χ2n) is 3.29. The van der Waals surface area contributed by atoms with Gasteiger partial charge in [0.05, 0.1) is 17.0 Å². The van der Waals surface area contributed by atoms with Crippen molar-refractivity contribution < 1.29 is 4.79 Å². The molecule has 76 valence electrons. The number of aryl methyl sites for hydroxylation is 2. The van der Waals surface area contributed by atoms with Crippen molar-refractivity contribution in [2.45, 2.75) is 13.8 Å². The minimum atomic E-state index is -0.514. The van der Waals surface area contributed by atoms with Gasteiger partial charge in [0, 0.05) is 6.20 Å². The Morgan fingerprint density at radius 1 is 1.27 bits per heavy atom. The molecule has 0 saturated heterocycles. The van der Waals surface area contributed by atoms with Crippen LogP contribution in [0.1, 0.15) is 21.7 Å². The highest BCUT2D eigenvalue weighted by molar-refractivity contribution is 6.02. The fourth-order valence-electron chi connectivity index (χ4n) is 1.32. The Labute approximate surface area is 86.4 Å². The zero-order chi connectivity index (χ0) is 11.0. The van der Waals surface area contributed by atoms with Crippen LogP contribution in [-0.2, 0) is 0 Å². The summed E-state index contributed by atoms with van der Waals surface area (Å²) in [5.41, 5.74) is 8.09. The van der Waals surface area contributed by atoms with Crippen LogP contribution in [0.2, 0.25) is 0 Å². The third-order valence-corrected chi connectivity index (χ3v) is 2.25. The van der Waals surface area contributed by atoms with Crippen LogP contribution in [-0.4, -0.2) is 20.9 Å². The van der Waals surface area contributed by atoms with Gasteiger partial charge in [0.15, 0.2) is 5.65 Å². The third-order valence-electron chi connectivity index (χ3n) is 2.25. The van der Waals surface area contributed by atoms with Gasteiger partial charge in [0.25, 0.3) is 5.91 Å². The van der Waals surface area contributed by atoms with Crippen molar-refractivity contribution in [3.05, 3.63) is 29.2 Å². The van der Waals surface area contributed by atoms with E-state index in [2.05, 4.69) is 15.0 Å². The maximum atomic E-state index is 11.1.